The van der Waals surface area contributed by atoms with Gasteiger partial charge in [-0.2, -0.15) is 0 Å². The lowest BCUT2D eigenvalue weighted by Crippen LogP contribution is -2.50. The molecule has 0 spiro atoms. The molecule has 2 atom stereocenters. The third kappa shape index (κ3) is 7.14. The van der Waals surface area contributed by atoms with E-state index < -0.39 is 30.6 Å². The Bertz CT molecular complexity index is 248. The van der Waals surface area contributed by atoms with E-state index >= 15 is 0 Å². The summed E-state index contributed by atoms with van der Waals surface area (Å²) >= 11 is 0. The van der Waals surface area contributed by atoms with Gasteiger partial charge in [0.05, 0.1) is 19.8 Å². The zero-order valence-electron chi connectivity index (χ0n) is 10.3. The first-order valence-corrected chi connectivity index (χ1v) is 5.17. The minimum Gasteiger partial charge on any atom is -0.467 e. The predicted molar refractivity (Wildman–Crippen MR) is 65.7 cm³/mol. The van der Waals surface area contributed by atoms with Crippen LogP contribution in [0, 0.1) is 5.92 Å². The highest BCUT2D eigenvalue weighted by atomic mass is 35.5. The smallest absolute Gasteiger partial charge is 0.330 e. The fourth-order valence-corrected chi connectivity index (χ4v) is 1.22. The number of carbonyl (C=O) groups excluding carboxylic acids is 2. The van der Waals surface area contributed by atoms with Gasteiger partial charge in [0, 0.05) is 0 Å². The Morgan fingerprint density at radius 1 is 1.41 bits per heavy atom. The maximum Gasteiger partial charge on any atom is 0.330 e. The Labute approximate surface area is 107 Å². The molecule has 0 aromatic carbocycles. The van der Waals surface area contributed by atoms with E-state index in [-0.39, 0.29) is 18.3 Å². The van der Waals surface area contributed by atoms with E-state index in [0.717, 1.165) is 0 Å². The van der Waals surface area contributed by atoms with Gasteiger partial charge in [0.25, 0.3) is 0 Å². The third-order valence-electron chi connectivity index (χ3n) is 2.05. The molecular formula is C10H21ClN2O4. The molecule has 0 unspecified atom stereocenters. The maximum atomic E-state index is 11.5. The number of aliphatic hydroxyl groups is 1. The summed E-state index contributed by atoms with van der Waals surface area (Å²) in [5.41, 5.74) is 5.62. The Kier molecular flexibility index (Phi) is 10.0. The van der Waals surface area contributed by atoms with Crippen LogP contribution in [0.1, 0.15) is 20.3 Å². The van der Waals surface area contributed by atoms with Crippen LogP contribution in [-0.2, 0) is 14.3 Å². The minimum absolute atomic E-state index is 0. The first kappa shape index (κ1) is 18.5. The van der Waals surface area contributed by atoms with Crippen molar-refractivity contribution >= 4 is 24.3 Å². The maximum absolute atomic E-state index is 11.5. The van der Waals surface area contributed by atoms with Gasteiger partial charge in [-0.15, -0.1) is 12.4 Å². The van der Waals surface area contributed by atoms with Gasteiger partial charge in [-0.25, -0.2) is 4.79 Å². The van der Waals surface area contributed by atoms with Crippen LogP contribution in [0.2, 0.25) is 0 Å². The number of amides is 1. The van der Waals surface area contributed by atoms with Crippen molar-refractivity contribution in [1.29, 1.82) is 0 Å². The Morgan fingerprint density at radius 3 is 2.29 bits per heavy atom. The van der Waals surface area contributed by atoms with Crippen molar-refractivity contribution in [2.75, 3.05) is 13.7 Å². The van der Waals surface area contributed by atoms with Crippen molar-refractivity contribution < 1.29 is 19.4 Å². The SMILES string of the molecule is COC(=O)[C@H](CO)NC(=O)[C@@H](N)CC(C)C.Cl. The van der Waals surface area contributed by atoms with Crippen molar-refractivity contribution in [2.45, 2.75) is 32.4 Å². The van der Waals surface area contributed by atoms with E-state index in [0.29, 0.717) is 6.42 Å². The van der Waals surface area contributed by atoms with E-state index in [1.807, 2.05) is 13.8 Å². The number of rotatable bonds is 6. The van der Waals surface area contributed by atoms with Gasteiger partial charge in [0.15, 0.2) is 6.04 Å². The zero-order valence-corrected chi connectivity index (χ0v) is 11.1. The number of hydrogen-bond donors (Lipinski definition) is 3. The van der Waals surface area contributed by atoms with E-state index in [9.17, 15) is 9.59 Å². The summed E-state index contributed by atoms with van der Waals surface area (Å²) in [6.07, 6.45) is 0.519. The number of ether oxygens (including phenoxy) is 1. The van der Waals surface area contributed by atoms with Gasteiger partial charge >= 0.3 is 5.97 Å². The Balaban J connectivity index is 0. The van der Waals surface area contributed by atoms with Crippen LogP contribution < -0.4 is 11.1 Å². The van der Waals surface area contributed by atoms with Crippen molar-refractivity contribution in [2.24, 2.45) is 11.7 Å². The summed E-state index contributed by atoms with van der Waals surface area (Å²) in [5, 5.41) is 11.2. The third-order valence-corrected chi connectivity index (χ3v) is 2.05. The second-order valence-electron chi connectivity index (χ2n) is 4.00. The van der Waals surface area contributed by atoms with Gasteiger partial charge in [-0.05, 0) is 12.3 Å². The van der Waals surface area contributed by atoms with E-state index in [1.165, 1.54) is 7.11 Å². The first-order chi connectivity index (χ1) is 7.42. The molecule has 17 heavy (non-hydrogen) atoms. The van der Waals surface area contributed by atoms with Crippen LogP contribution >= 0.6 is 12.4 Å². The lowest BCUT2D eigenvalue weighted by molar-refractivity contribution is -0.146. The molecule has 7 heteroatoms. The molecule has 0 fully saturated rings. The molecular weight excluding hydrogens is 248 g/mol. The number of nitrogens with one attached hydrogen (secondary N) is 1. The quantitative estimate of drug-likeness (QED) is 0.560. The van der Waals surface area contributed by atoms with Gasteiger partial charge in [-0.1, -0.05) is 13.8 Å². The van der Waals surface area contributed by atoms with Crippen molar-refractivity contribution in [3.63, 3.8) is 0 Å². The first-order valence-electron chi connectivity index (χ1n) is 5.17. The number of carbonyl (C=O) groups is 2. The molecule has 0 radical (unpaired) electrons. The van der Waals surface area contributed by atoms with Crippen molar-refractivity contribution in [3.05, 3.63) is 0 Å². The molecule has 0 aromatic rings. The monoisotopic (exact) mass is 268 g/mol. The van der Waals surface area contributed by atoms with Crippen molar-refractivity contribution in [1.82, 2.24) is 5.32 Å². The highest BCUT2D eigenvalue weighted by Crippen LogP contribution is 2.02. The molecule has 0 aliphatic carbocycles. The lowest BCUT2D eigenvalue weighted by atomic mass is 10.0. The highest BCUT2D eigenvalue weighted by molar-refractivity contribution is 5.87. The number of aliphatic hydroxyl groups excluding tert-OH is 1. The summed E-state index contributed by atoms with van der Waals surface area (Å²) in [4.78, 5) is 22.6. The van der Waals surface area contributed by atoms with Gasteiger partial charge in [0.1, 0.15) is 0 Å². The molecule has 0 aromatic heterocycles. The number of hydrogen-bond acceptors (Lipinski definition) is 5. The fourth-order valence-electron chi connectivity index (χ4n) is 1.22. The second-order valence-corrected chi connectivity index (χ2v) is 4.00. The van der Waals surface area contributed by atoms with E-state index in [1.54, 1.807) is 0 Å². The minimum atomic E-state index is -1.05. The molecule has 0 heterocycles. The van der Waals surface area contributed by atoms with Gasteiger partial charge in [-0.3, -0.25) is 4.79 Å². The molecule has 102 valence electrons. The average Bonchev–Trinajstić information content (AvgIpc) is 2.23. The number of halogens is 1. The van der Waals surface area contributed by atoms with E-state index in [2.05, 4.69) is 10.1 Å². The predicted octanol–water partition coefficient (Wildman–Crippen LogP) is -0.568. The molecule has 0 rings (SSSR count). The summed E-state index contributed by atoms with van der Waals surface area (Å²) in [7, 11) is 1.19. The summed E-state index contributed by atoms with van der Waals surface area (Å²) in [6, 6.07) is -1.73. The van der Waals surface area contributed by atoms with Crippen molar-refractivity contribution in [3.8, 4) is 0 Å². The Morgan fingerprint density at radius 2 is 1.94 bits per heavy atom. The lowest BCUT2D eigenvalue weighted by Gasteiger charge is -2.18. The number of methoxy groups -OCH3 is 1. The molecule has 6 nitrogen and oxygen atoms in total. The van der Waals surface area contributed by atoms with Gasteiger partial charge in [0.2, 0.25) is 5.91 Å². The zero-order chi connectivity index (χ0) is 12.7. The standard InChI is InChI=1S/C10H20N2O4.ClH/c1-6(2)4-7(11)9(14)12-8(5-13)10(15)16-3;/h6-8,13H,4-5,11H2,1-3H3,(H,12,14);1H/t7-,8-;/m0./s1. The molecule has 0 aliphatic heterocycles. The number of esters is 1. The largest absolute Gasteiger partial charge is 0.467 e. The number of nitrogens with two attached hydrogens (primary N) is 1. The molecule has 0 bridgehead atoms. The summed E-state index contributed by atoms with van der Waals surface area (Å²) in [6.45, 7) is 3.38. The van der Waals surface area contributed by atoms with Gasteiger partial charge < -0.3 is 20.9 Å². The topological polar surface area (TPSA) is 102 Å². The second kappa shape index (κ2) is 9.21. The van der Waals surface area contributed by atoms with Crippen LogP contribution in [0.5, 0.6) is 0 Å². The van der Waals surface area contributed by atoms with Crippen LogP contribution in [0.25, 0.3) is 0 Å². The van der Waals surface area contributed by atoms with Crippen LogP contribution in [0.3, 0.4) is 0 Å². The van der Waals surface area contributed by atoms with Crippen LogP contribution in [-0.4, -0.2) is 42.8 Å². The summed E-state index contributed by atoms with van der Waals surface area (Å²) in [5.74, 6) is -0.864. The van der Waals surface area contributed by atoms with E-state index in [4.69, 9.17) is 10.8 Å². The molecule has 4 N–H and O–H groups in total. The molecule has 1 amide bonds. The average molecular weight is 269 g/mol. The van der Waals surface area contributed by atoms with Crippen LogP contribution in [0.4, 0.5) is 0 Å². The normalized spacial score (nSPS) is 13.5. The molecule has 0 aliphatic rings. The fraction of sp³-hybridized carbons (Fsp3) is 0.800. The molecule has 0 saturated carbocycles. The summed E-state index contributed by atoms with van der Waals surface area (Å²) < 4.78 is 4.41. The molecule has 0 saturated heterocycles. The van der Waals surface area contributed by atoms with Crippen LogP contribution in [0.15, 0.2) is 0 Å². The Hall–Kier alpha value is -0.850. The highest BCUT2D eigenvalue weighted by Gasteiger charge is 2.23.